The lowest BCUT2D eigenvalue weighted by Gasteiger charge is -2.13. The van der Waals surface area contributed by atoms with E-state index >= 15 is 0 Å². The smallest absolute Gasteiger partial charge is 0.220 e. The van der Waals surface area contributed by atoms with Crippen molar-refractivity contribution in [2.45, 2.75) is 32.7 Å². The first-order valence-electron chi connectivity index (χ1n) is 7.26. The molecule has 0 saturated heterocycles. The molecular weight excluding hydrogens is 250 g/mol. The third-order valence-electron chi connectivity index (χ3n) is 3.47. The summed E-state index contributed by atoms with van der Waals surface area (Å²) < 4.78 is 0. The van der Waals surface area contributed by atoms with Crippen LogP contribution in [0.3, 0.4) is 0 Å². The maximum atomic E-state index is 11.7. The molecule has 0 fully saturated rings. The number of nitrogens with zero attached hydrogens (tertiary/aromatic N) is 1. The Labute approximate surface area is 122 Å². The first-order chi connectivity index (χ1) is 9.52. The highest BCUT2D eigenvalue weighted by atomic mass is 16.1. The fourth-order valence-electron chi connectivity index (χ4n) is 2.01. The molecule has 0 aromatic heterocycles. The predicted molar refractivity (Wildman–Crippen MR) is 84.7 cm³/mol. The van der Waals surface area contributed by atoms with Gasteiger partial charge in [-0.25, -0.2) is 0 Å². The summed E-state index contributed by atoms with van der Waals surface area (Å²) in [4.78, 5) is 13.8. The van der Waals surface area contributed by atoms with Crippen LogP contribution in [-0.4, -0.2) is 26.5 Å². The molecule has 1 atom stereocenters. The molecule has 3 N–H and O–H groups in total. The summed E-state index contributed by atoms with van der Waals surface area (Å²) in [5.41, 5.74) is 7.79. The molecule has 0 saturated carbocycles. The van der Waals surface area contributed by atoms with Crippen molar-refractivity contribution in [3.05, 3.63) is 29.8 Å². The highest BCUT2D eigenvalue weighted by molar-refractivity contribution is 5.75. The van der Waals surface area contributed by atoms with Crippen LogP contribution < -0.4 is 16.0 Å². The summed E-state index contributed by atoms with van der Waals surface area (Å²) in [7, 11) is 4.03. The van der Waals surface area contributed by atoms with E-state index in [1.165, 1.54) is 0 Å². The van der Waals surface area contributed by atoms with Gasteiger partial charge in [0.25, 0.3) is 0 Å². The van der Waals surface area contributed by atoms with Gasteiger partial charge < -0.3 is 16.0 Å². The predicted octanol–water partition coefficient (Wildman–Crippen LogP) is 2.13. The van der Waals surface area contributed by atoms with Gasteiger partial charge in [-0.2, -0.15) is 0 Å². The van der Waals surface area contributed by atoms with Crippen molar-refractivity contribution in [1.82, 2.24) is 5.32 Å². The van der Waals surface area contributed by atoms with Crippen LogP contribution in [0, 0.1) is 5.92 Å². The number of carbonyl (C=O) groups is 1. The van der Waals surface area contributed by atoms with Gasteiger partial charge in [-0.1, -0.05) is 19.1 Å². The van der Waals surface area contributed by atoms with E-state index in [0.29, 0.717) is 25.4 Å². The molecule has 0 radical (unpaired) electrons. The van der Waals surface area contributed by atoms with Gasteiger partial charge in [0.1, 0.15) is 0 Å². The average molecular weight is 277 g/mol. The second-order valence-electron chi connectivity index (χ2n) is 5.56. The Hall–Kier alpha value is -1.55. The normalized spacial score (nSPS) is 12.0. The number of carbonyl (C=O) groups excluding carboxylic acids is 1. The van der Waals surface area contributed by atoms with E-state index in [2.05, 4.69) is 29.3 Å². The Morgan fingerprint density at radius 3 is 2.45 bits per heavy atom. The second-order valence-corrected chi connectivity index (χ2v) is 5.56. The zero-order valence-corrected chi connectivity index (χ0v) is 12.9. The highest BCUT2D eigenvalue weighted by Crippen LogP contribution is 2.12. The van der Waals surface area contributed by atoms with Gasteiger partial charge in [-0.3, -0.25) is 4.79 Å². The largest absolute Gasteiger partial charge is 0.378 e. The molecule has 1 rings (SSSR count). The summed E-state index contributed by atoms with van der Waals surface area (Å²) in [5, 5.41) is 2.96. The van der Waals surface area contributed by atoms with Gasteiger partial charge in [0.2, 0.25) is 5.91 Å². The molecule has 1 amide bonds. The van der Waals surface area contributed by atoms with E-state index in [-0.39, 0.29) is 5.91 Å². The second kappa shape index (κ2) is 8.59. The minimum Gasteiger partial charge on any atom is -0.378 e. The Morgan fingerprint density at radius 1 is 1.25 bits per heavy atom. The van der Waals surface area contributed by atoms with E-state index in [0.717, 1.165) is 24.1 Å². The zero-order chi connectivity index (χ0) is 15.0. The molecule has 0 aliphatic carbocycles. The Balaban J connectivity index is 2.30. The van der Waals surface area contributed by atoms with E-state index in [4.69, 9.17) is 5.73 Å². The lowest BCUT2D eigenvalue weighted by molar-refractivity contribution is -0.121. The van der Waals surface area contributed by atoms with Gasteiger partial charge in [0.15, 0.2) is 0 Å². The number of anilines is 1. The molecule has 112 valence electrons. The number of amides is 1. The fraction of sp³-hybridized carbons (Fsp3) is 0.562. The van der Waals surface area contributed by atoms with Crippen molar-refractivity contribution in [3.63, 3.8) is 0 Å². The topological polar surface area (TPSA) is 58.4 Å². The first-order valence-corrected chi connectivity index (χ1v) is 7.26. The number of hydrogen-bond acceptors (Lipinski definition) is 3. The summed E-state index contributed by atoms with van der Waals surface area (Å²) in [6, 6.07) is 8.22. The minimum atomic E-state index is 0.116. The summed E-state index contributed by atoms with van der Waals surface area (Å²) >= 11 is 0. The molecule has 0 aliphatic rings. The van der Waals surface area contributed by atoms with E-state index in [9.17, 15) is 4.79 Å². The average Bonchev–Trinajstić information content (AvgIpc) is 2.43. The van der Waals surface area contributed by atoms with Gasteiger partial charge in [-0.05, 0) is 43.0 Å². The molecule has 0 bridgehead atoms. The number of benzene rings is 1. The molecule has 0 spiro atoms. The van der Waals surface area contributed by atoms with Crippen LogP contribution in [0.2, 0.25) is 0 Å². The van der Waals surface area contributed by atoms with E-state index in [1.54, 1.807) is 0 Å². The Bertz CT molecular complexity index is 401. The van der Waals surface area contributed by atoms with E-state index in [1.807, 2.05) is 26.2 Å². The Morgan fingerprint density at radius 2 is 1.90 bits per heavy atom. The zero-order valence-electron chi connectivity index (χ0n) is 12.9. The maximum absolute atomic E-state index is 11.7. The third-order valence-corrected chi connectivity index (χ3v) is 3.47. The lowest BCUT2D eigenvalue weighted by atomic mass is 10.0. The lowest BCUT2D eigenvalue weighted by Crippen LogP contribution is -2.23. The van der Waals surface area contributed by atoms with Crippen molar-refractivity contribution in [2.24, 2.45) is 11.7 Å². The summed E-state index contributed by atoms with van der Waals surface area (Å²) in [6.07, 6.45) is 2.47. The Kier molecular flexibility index (Phi) is 7.09. The molecular formula is C16H27N3O. The van der Waals surface area contributed by atoms with Crippen LogP contribution in [0.25, 0.3) is 0 Å². The molecule has 4 nitrogen and oxygen atoms in total. The first kappa shape index (κ1) is 16.5. The third kappa shape index (κ3) is 6.06. The summed E-state index contributed by atoms with van der Waals surface area (Å²) in [6.45, 7) is 3.43. The highest BCUT2D eigenvalue weighted by Gasteiger charge is 2.06. The number of nitrogens with one attached hydrogen (secondary N) is 1. The molecule has 0 heterocycles. The van der Waals surface area contributed by atoms with Crippen LogP contribution >= 0.6 is 0 Å². The number of rotatable bonds is 8. The minimum absolute atomic E-state index is 0.116. The van der Waals surface area contributed by atoms with Crippen LogP contribution in [0.5, 0.6) is 0 Å². The molecule has 4 heteroatoms. The van der Waals surface area contributed by atoms with Gasteiger partial charge in [0.05, 0.1) is 0 Å². The van der Waals surface area contributed by atoms with Crippen molar-refractivity contribution >= 4 is 11.6 Å². The molecule has 1 aromatic rings. The van der Waals surface area contributed by atoms with Gasteiger partial charge in [-0.15, -0.1) is 0 Å². The SMILES string of the molecule is CC(CCN)CCC(=O)NCc1ccc(N(C)C)cc1. The number of nitrogens with two attached hydrogens (primary N) is 1. The molecule has 1 aromatic carbocycles. The van der Waals surface area contributed by atoms with Crippen molar-refractivity contribution in [2.75, 3.05) is 25.5 Å². The van der Waals surface area contributed by atoms with E-state index < -0.39 is 0 Å². The molecule has 0 aliphatic heterocycles. The standard InChI is InChI=1S/C16H27N3O/c1-13(10-11-17)4-9-16(20)18-12-14-5-7-15(8-6-14)19(2)3/h5-8,13H,4,9-12,17H2,1-3H3,(H,18,20). The monoisotopic (exact) mass is 277 g/mol. The van der Waals surface area contributed by atoms with Crippen LogP contribution in [0.1, 0.15) is 31.7 Å². The molecule has 20 heavy (non-hydrogen) atoms. The van der Waals surface area contributed by atoms with Crippen LogP contribution in [0.4, 0.5) is 5.69 Å². The van der Waals surface area contributed by atoms with Crippen molar-refractivity contribution < 1.29 is 4.79 Å². The van der Waals surface area contributed by atoms with Crippen LogP contribution in [-0.2, 0) is 11.3 Å². The van der Waals surface area contributed by atoms with Crippen molar-refractivity contribution in [1.29, 1.82) is 0 Å². The van der Waals surface area contributed by atoms with Gasteiger partial charge >= 0.3 is 0 Å². The molecule has 1 unspecified atom stereocenters. The number of hydrogen-bond donors (Lipinski definition) is 2. The van der Waals surface area contributed by atoms with Crippen LogP contribution in [0.15, 0.2) is 24.3 Å². The van der Waals surface area contributed by atoms with Gasteiger partial charge in [0, 0.05) is 32.7 Å². The fourth-order valence-corrected chi connectivity index (χ4v) is 2.01. The quantitative estimate of drug-likeness (QED) is 0.765. The summed E-state index contributed by atoms with van der Waals surface area (Å²) in [5.74, 6) is 0.635. The maximum Gasteiger partial charge on any atom is 0.220 e. The van der Waals surface area contributed by atoms with Crippen molar-refractivity contribution in [3.8, 4) is 0 Å².